The Morgan fingerprint density at radius 2 is 2.36 bits per heavy atom. The van der Waals surface area contributed by atoms with Gasteiger partial charge in [-0.2, -0.15) is 0 Å². The van der Waals surface area contributed by atoms with Gasteiger partial charge in [-0.1, -0.05) is 0 Å². The molecule has 2 N–H and O–H groups in total. The number of amides is 2. The van der Waals surface area contributed by atoms with Gasteiger partial charge in [-0.05, 0) is 0 Å². The van der Waals surface area contributed by atoms with E-state index in [4.69, 9.17) is 5.11 Å². The van der Waals surface area contributed by atoms with E-state index < -0.39 is 6.04 Å². The molecule has 0 bridgehead atoms. The molecule has 1 aliphatic heterocycles. The van der Waals surface area contributed by atoms with Crippen LogP contribution in [0.25, 0.3) is 0 Å². The smallest absolute Gasteiger partial charge is 0.245 e. The molecule has 1 saturated heterocycles. The molecule has 11 heavy (non-hydrogen) atoms. The largest absolute Gasteiger partial charge is 0.394 e. The normalized spacial score (nSPS) is 25.3. The predicted molar refractivity (Wildman–Crippen MR) is 36.7 cm³/mol. The molecule has 0 saturated carbocycles. The van der Waals surface area contributed by atoms with Crippen LogP contribution < -0.4 is 5.32 Å². The number of hydrogen-bond acceptors (Lipinski definition) is 3. The summed E-state index contributed by atoms with van der Waals surface area (Å²) in [5, 5.41) is 11.1. The van der Waals surface area contributed by atoms with Crippen LogP contribution in [0.5, 0.6) is 0 Å². The van der Waals surface area contributed by atoms with E-state index in [-0.39, 0.29) is 25.0 Å². The number of aliphatic hydroxyl groups is 1. The highest BCUT2D eigenvalue weighted by molar-refractivity contribution is 5.94. The van der Waals surface area contributed by atoms with Gasteiger partial charge in [0.05, 0.1) is 13.2 Å². The van der Waals surface area contributed by atoms with Gasteiger partial charge in [0, 0.05) is 7.05 Å². The summed E-state index contributed by atoms with van der Waals surface area (Å²) in [5.41, 5.74) is 0. The summed E-state index contributed by atoms with van der Waals surface area (Å²) in [6.45, 7) is -0.292. The highest BCUT2D eigenvalue weighted by atomic mass is 16.3. The molecule has 0 spiro atoms. The average Bonchev–Trinajstić information content (AvgIpc) is 1.99. The van der Waals surface area contributed by atoms with E-state index >= 15 is 0 Å². The van der Waals surface area contributed by atoms with E-state index in [0.717, 1.165) is 0 Å². The number of rotatable bonds is 1. The van der Waals surface area contributed by atoms with Crippen LogP contribution in [-0.4, -0.2) is 48.1 Å². The molecule has 0 radical (unpaired) electrons. The summed E-state index contributed by atoms with van der Waals surface area (Å²) in [5.74, 6) is -0.474. The first-order valence-electron chi connectivity index (χ1n) is 3.31. The molecular formula is C6H10N2O3. The number of nitrogens with zero attached hydrogens (tertiary/aromatic N) is 1. The van der Waals surface area contributed by atoms with Crippen molar-refractivity contribution in [3.8, 4) is 0 Å². The molecule has 2 amide bonds. The highest BCUT2D eigenvalue weighted by Crippen LogP contribution is 2.00. The van der Waals surface area contributed by atoms with Crippen molar-refractivity contribution >= 4 is 11.8 Å². The Labute approximate surface area is 64.0 Å². The number of carbonyl (C=O) groups excluding carboxylic acids is 2. The molecule has 5 nitrogen and oxygen atoms in total. The standard InChI is InChI=1S/C6H10N2O3/c1-8-4(3-9)6(11)7-2-5(8)10/h4,9H,2-3H2,1H3,(H,7,11). The van der Waals surface area contributed by atoms with Gasteiger partial charge >= 0.3 is 0 Å². The molecule has 1 rings (SSSR count). The maximum Gasteiger partial charge on any atom is 0.245 e. The fourth-order valence-corrected chi connectivity index (χ4v) is 0.960. The van der Waals surface area contributed by atoms with Crippen molar-refractivity contribution in [3.05, 3.63) is 0 Å². The van der Waals surface area contributed by atoms with Crippen LogP contribution in [0.2, 0.25) is 0 Å². The summed E-state index contributed by atoms with van der Waals surface area (Å²) >= 11 is 0. The van der Waals surface area contributed by atoms with E-state index in [9.17, 15) is 9.59 Å². The molecule has 1 heterocycles. The zero-order valence-corrected chi connectivity index (χ0v) is 6.20. The Morgan fingerprint density at radius 3 is 2.82 bits per heavy atom. The first-order valence-corrected chi connectivity index (χ1v) is 3.31. The zero-order chi connectivity index (χ0) is 8.43. The van der Waals surface area contributed by atoms with Crippen LogP contribution in [0.4, 0.5) is 0 Å². The maximum absolute atomic E-state index is 10.9. The number of hydrogen-bond donors (Lipinski definition) is 2. The third kappa shape index (κ3) is 1.32. The predicted octanol–water partition coefficient (Wildman–Crippen LogP) is -2.06. The SMILES string of the molecule is CN1C(=O)CNC(=O)C1CO. The second kappa shape index (κ2) is 2.87. The van der Waals surface area contributed by atoms with E-state index in [1.54, 1.807) is 0 Å². The van der Waals surface area contributed by atoms with Gasteiger partial charge in [0.1, 0.15) is 6.04 Å². The van der Waals surface area contributed by atoms with Crippen molar-refractivity contribution < 1.29 is 14.7 Å². The number of piperazine rings is 1. The lowest BCUT2D eigenvalue weighted by Crippen LogP contribution is -2.58. The summed E-state index contributed by atoms with van der Waals surface area (Å²) in [4.78, 5) is 23.1. The fourth-order valence-electron chi connectivity index (χ4n) is 0.960. The van der Waals surface area contributed by atoms with E-state index in [1.165, 1.54) is 11.9 Å². The van der Waals surface area contributed by atoms with E-state index in [1.807, 2.05) is 0 Å². The molecule has 0 aromatic rings. The van der Waals surface area contributed by atoms with Crippen LogP contribution in [0, 0.1) is 0 Å². The van der Waals surface area contributed by atoms with Gasteiger partial charge in [0.15, 0.2) is 0 Å². The van der Waals surface area contributed by atoms with E-state index in [2.05, 4.69) is 5.32 Å². The second-order valence-electron chi connectivity index (χ2n) is 2.42. The first kappa shape index (κ1) is 8.00. The Kier molecular flexibility index (Phi) is 2.09. The van der Waals surface area contributed by atoms with Crippen LogP contribution in [-0.2, 0) is 9.59 Å². The minimum atomic E-state index is -0.712. The lowest BCUT2D eigenvalue weighted by molar-refractivity contribution is -0.145. The van der Waals surface area contributed by atoms with Crippen molar-refractivity contribution in [2.24, 2.45) is 0 Å². The molecule has 1 unspecified atom stereocenters. The topological polar surface area (TPSA) is 69.6 Å². The zero-order valence-electron chi connectivity index (χ0n) is 6.20. The Hall–Kier alpha value is -1.10. The third-order valence-corrected chi connectivity index (χ3v) is 1.75. The van der Waals surface area contributed by atoms with Gasteiger partial charge in [-0.25, -0.2) is 0 Å². The second-order valence-corrected chi connectivity index (χ2v) is 2.42. The maximum atomic E-state index is 10.9. The van der Waals surface area contributed by atoms with Gasteiger partial charge in [0.2, 0.25) is 11.8 Å². The number of likely N-dealkylation sites (N-methyl/N-ethyl adjacent to an activating group) is 1. The Balaban J connectivity index is 2.71. The van der Waals surface area contributed by atoms with Crippen molar-refractivity contribution in [2.75, 3.05) is 20.2 Å². The van der Waals surface area contributed by atoms with E-state index in [0.29, 0.717) is 0 Å². The number of aliphatic hydroxyl groups excluding tert-OH is 1. The van der Waals surface area contributed by atoms with Gasteiger partial charge in [-0.3, -0.25) is 9.59 Å². The monoisotopic (exact) mass is 158 g/mol. The highest BCUT2D eigenvalue weighted by Gasteiger charge is 2.30. The van der Waals surface area contributed by atoms with Gasteiger partial charge < -0.3 is 15.3 Å². The molecule has 1 fully saturated rings. The Morgan fingerprint density at radius 1 is 1.73 bits per heavy atom. The molecular weight excluding hydrogens is 148 g/mol. The molecule has 62 valence electrons. The first-order chi connectivity index (χ1) is 5.16. The summed E-state index contributed by atoms with van der Waals surface area (Å²) in [7, 11) is 1.50. The van der Waals surface area contributed by atoms with Crippen molar-refractivity contribution in [3.63, 3.8) is 0 Å². The van der Waals surface area contributed by atoms with Gasteiger partial charge in [-0.15, -0.1) is 0 Å². The molecule has 1 atom stereocenters. The van der Waals surface area contributed by atoms with Crippen LogP contribution >= 0.6 is 0 Å². The summed E-state index contributed by atoms with van der Waals surface area (Å²) < 4.78 is 0. The number of carbonyl (C=O) groups is 2. The average molecular weight is 158 g/mol. The molecule has 1 aliphatic rings. The summed E-state index contributed by atoms with van der Waals surface area (Å²) in [6, 6.07) is -0.712. The van der Waals surface area contributed by atoms with Crippen molar-refractivity contribution in [1.29, 1.82) is 0 Å². The fraction of sp³-hybridized carbons (Fsp3) is 0.667. The Bertz CT molecular complexity index is 192. The van der Waals surface area contributed by atoms with Crippen LogP contribution in [0.3, 0.4) is 0 Å². The molecule has 0 aromatic carbocycles. The van der Waals surface area contributed by atoms with Gasteiger partial charge in [0.25, 0.3) is 0 Å². The van der Waals surface area contributed by atoms with Crippen LogP contribution in [0.1, 0.15) is 0 Å². The minimum absolute atomic E-state index is 0.0336. The summed E-state index contributed by atoms with van der Waals surface area (Å²) in [6.07, 6.45) is 0. The van der Waals surface area contributed by atoms with Crippen molar-refractivity contribution in [1.82, 2.24) is 10.2 Å². The molecule has 0 aromatic heterocycles. The lowest BCUT2D eigenvalue weighted by atomic mass is 10.2. The third-order valence-electron chi connectivity index (χ3n) is 1.75. The lowest BCUT2D eigenvalue weighted by Gasteiger charge is -2.30. The molecule has 5 heteroatoms. The van der Waals surface area contributed by atoms with Crippen molar-refractivity contribution in [2.45, 2.75) is 6.04 Å². The number of nitrogens with one attached hydrogen (secondary N) is 1. The quantitative estimate of drug-likeness (QED) is 0.461. The molecule has 0 aliphatic carbocycles. The minimum Gasteiger partial charge on any atom is -0.394 e. The van der Waals surface area contributed by atoms with Crippen LogP contribution in [0.15, 0.2) is 0 Å².